The Hall–Kier alpha value is -0.180. The lowest BCUT2D eigenvalue weighted by Gasteiger charge is -2.39. The van der Waals surface area contributed by atoms with Gasteiger partial charge in [0.05, 0.1) is 28.9 Å². The first kappa shape index (κ1) is 26.9. The molecule has 1 atom stereocenters. The zero-order valence-electron chi connectivity index (χ0n) is 17.5. The van der Waals surface area contributed by atoms with Gasteiger partial charge in [0.25, 0.3) is 0 Å². The molecule has 0 saturated carbocycles. The number of nitrogens with zero attached hydrogens (tertiary/aromatic N) is 2. The van der Waals surface area contributed by atoms with Gasteiger partial charge in [0.2, 0.25) is 10.0 Å². The van der Waals surface area contributed by atoms with Crippen molar-refractivity contribution in [2.75, 3.05) is 50.8 Å². The molecule has 0 radical (unpaired) electrons. The van der Waals surface area contributed by atoms with Crippen LogP contribution in [0.3, 0.4) is 0 Å². The van der Waals surface area contributed by atoms with E-state index in [2.05, 4.69) is 15.0 Å². The van der Waals surface area contributed by atoms with Crippen molar-refractivity contribution in [3.63, 3.8) is 0 Å². The Morgan fingerprint density at radius 3 is 2.62 bits per heavy atom. The van der Waals surface area contributed by atoms with Crippen molar-refractivity contribution < 1.29 is 21.6 Å². The van der Waals surface area contributed by atoms with E-state index >= 15 is 0 Å². The van der Waals surface area contributed by atoms with Gasteiger partial charge in [-0.3, -0.25) is 4.99 Å². The molecule has 0 aromatic heterocycles. The fourth-order valence-electron chi connectivity index (χ4n) is 3.28. The highest BCUT2D eigenvalue weighted by Crippen LogP contribution is 2.23. The number of guanidine groups is 1. The lowest BCUT2D eigenvalue weighted by Crippen LogP contribution is -2.57. The lowest BCUT2D eigenvalue weighted by atomic mass is 10.1. The number of sulfone groups is 1. The Labute approximate surface area is 192 Å². The fourth-order valence-corrected chi connectivity index (χ4v) is 5.56. The summed E-state index contributed by atoms with van der Waals surface area (Å²) in [6, 6.07) is 0. The number of halogens is 1. The summed E-state index contributed by atoms with van der Waals surface area (Å²) in [7, 11) is -6.59. The first-order chi connectivity index (χ1) is 13.1. The van der Waals surface area contributed by atoms with Crippen molar-refractivity contribution in [1.29, 1.82) is 0 Å². The molecule has 2 aliphatic heterocycles. The molecular weight excluding hydrogens is 531 g/mol. The van der Waals surface area contributed by atoms with Crippen LogP contribution in [0.25, 0.3) is 0 Å². The van der Waals surface area contributed by atoms with Gasteiger partial charge in [-0.2, -0.15) is 0 Å². The highest BCUT2D eigenvalue weighted by atomic mass is 127. The minimum atomic E-state index is -3.44. The SMILES string of the molecule is CCNC(=NCCS(=O)(=O)NCC1CCCCO1)N1CCS(=O)(=O)C(C)(C)C1.I. The van der Waals surface area contributed by atoms with Gasteiger partial charge < -0.3 is 15.0 Å². The zero-order chi connectivity index (χ0) is 20.8. The van der Waals surface area contributed by atoms with E-state index in [-0.39, 0.29) is 48.1 Å². The largest absolute Gasteiger partial charge is 0.377 e. The molecule has 2 saturated heterocycles. The molecule has 29 heavy (non-hydrogen) atoms. The molecule has 2 fully saturated rings. The van der Waals surface area contributed by atoms with Crippen LogP contribution < -0.4 is 10.0 Å². The van der Waals surface area contributed by atoms with Crippen LogP contribution in [0.1, 0.15) is 40.0 Å². The van der Waals surface area contributed by atoms with Crippen LogP contribution in [-0.2, 0) is 24.6 Å². The van der Waals surface area contributed by atoms with E-state index in [1.807, 2.05) is 11.8 Å². The quantitative estimate of drug-likeness (QED) is 0.263. The summed E-state index contributed by atoms with van der Waals surface area (Å²) >= 11 is 0. The van der Waals surface area contributed by atoms with Gasteiger partial charge in [0, 0.05) is 32.8 Å². The van der Waals surface area contributed by atoms with Crippen LogP contribution in [0, 0.1) is 0 Å². The van der Waals surface area contributed by atoms with E-state index in [1.54, 1.807) is 13.8 Å². The maximum Gasteiger partial charge on any atom is 0.213 e. The van der Waals surface area contributed by atoms with Gasteiger partial charge in [-0.15, -0.1) is 24.0 Å². The van der Waals surface area contributed by atoms with E-state index in [1.165, 1.54) is 0 Å². The maximum atomic E-state index is 12.2. The molecule has 12 heteroatoms. The third-order valence-electron chi connectivity index (χ3n) is 5.10. The minimum Gasteiger partial charge on any atom is -0.377 e. The average molecular weight is 567 g/mol. The molecule has 172 valence electrons. The van der Waals surface area contributed by atoms with Crippen molar-refractivity contribution in [3.8, 4) is 0 Å². The van der Waals surface area contributed by atoms with Gasteiger partial charge in [-0.05, 0) is 40.0 Å². The Kier molecular flexibility index (Phi) is 10.6. The van der Waals surface area contributed by atoms with E-state index in [9.17, 15) is 16.8 Å². The van der Waals surface area contributed by atoms with E-state index in [0.29, 0.717) is 38.7 Å². The number of nitrogens with one attached hydrogen (secondary N) is 2. The number of hydrogen-bond acceptors (Lipinski definition) is 6. The predicted octanol–water partition coefficient (Wildman–Crippen LogP) is 0.567. The van der Waals surface area contributed by atoms with Crippen molar-refractivity contribution in [2.45, 2.75) is 50.9 Å². The normalized spacial score (nSPS) is 24.6. The summed E-state index contributed by atoms with van der Waals surface area (Å²) in [5.41, 5.74) is 0. The van der Waals surface area contributed by atoms with Crippen molar-refractivity contribution in [2.24, 2.45) is 4.99 Å². The number of rotatable bonds is 7. The molecule has 0 aromatic carbocycles. The summed E-state index contributed by atoms with van der Waals surface area (Å²) in [4.78, 5) is 6.31. The molecule has 0 bridgehead atoms. The minimum absolute atomic E-state index is 0. The summed E-state index contributed by atoms with van der Waals surface area (Å²) < 4.78 is 56.1. The summed E-state index contributed by atoms with van der Waals surface area (Å²) in [6.07, 6.45) is 2.91. The standard InChI is InChI=1S/C17H34N4O5S2.HI/c1-4-18-16(21-9-12-27(22,23)17(2,3)14-21)19-8-11-28(24,25)20-13-15-7-5-6-10-26-15;/h15,20H,4-14H2,1-3H3,(H,18,19);1H. The fraction of sp³-hybridized carbons (Fsp3) is 0.941. The van der Waals surface area contributed by atoms with Gasteiger partial charge >= 0.3 is 0 Å². The topological polar surface area (TPSA) is 117 Å². The lowest BCUT2D eigenvalue weighted by molar-refractivity contribution is 0.0200. The zero-order valence-corrected chi connectivity index (χ0v) is 21.5. The molecule has 0 amide bonds. The monoisotopic (exact) mass is 566 g/mol. The first-order valence-corrected chi connectivity index (χ1v) is 13.2. The van der Waals surface area contributed by atoms with Crippen LogP contribution in [0.4, 0.5) is 0 Å². The van der Waals surface area contributed by atoms with Crippen molar-refractivity contribution in [3.05, 3.63) is 0 Å². The van der Waals surface area contributed by atoms with E-state index in [0.717, 1.165) is 19.3 Å². The second kappa shape index (κ2) is 11.4. The molecule has 1 unspecified atom stereocenters. The van der Waals surface area contributed by atoms with Crippen LogP contribution in [-0.4, -0.2) is 89.4 Å². The maximum absolute atomic E-state index is 12.2. The van der Waals surface area contributed by atoms with E-state index < -0.39 is 24.6 Å². The molecule has 0 aliphatic carbocycles. The van der Waals surface area contributed by atoms with Crippen LogP contribution in [0.5, 0.6) is 0 Å². The molecular formula is C17H35IN4O5S2. The Balaban J connectivity index is 0.00000420. The van der Waals surface area contributed by atoms with Crippen LogP contribution in [0.2, 0.25) is 0 Å². The van der Waals surface area contributed by atoms with Crippen LogP contribution in [0.15, 0.2) is 4.99 Å². The predicted molar refractivity (Wildman–Crippen MR) is 126 cm³/mol. The smallest absolute Gasteiger partial charge is 0.213 e. The van der Waals surface area contributed by atoms with Gasteiger partial charge in [0.15, 0.2) is 15.8 Å². The Morgan fingerprint density at radius 2 is 2.03 bits per heavy atom. The molecule has 0 spiro atoms. The third-order valence-corrected chi connectivity index (χ3v) is 8.96. The number of aliphatic imine (C=N–C) groups is 1. The van der Waals surface area contributed by atoms with Crippen LogP contribution >= 0.6 is 24.0 Å². The van der Waals surface area contributed by atoms with Crippen molar-refractivity contribution in [1.82, 2.24) is 14.9 Å². The van der Waals surface area contributed by atoms with E-state index in [4.69, 9.17) is 4.74 Å². The molecule has 2 aliphatic rings. The Bertz CT molecular complexity index is 750. The summed E-state index contributed by atoms with van der Waals surface area (Å²) in [5.74, 6) is 0.492. The van der Waals surface area contributed by atoms with Gasteiger partial charge in [-0.25, -0.2) is 21.6 Å². The summed E-state index contributed by atoms with van der Waals surface area (Å²) in [5, 5.41) is 3.13. The number of hydrogen-bond donors (Lipinski definition) is 2. The second-order valence-electron chi connectivity index (χ2n) is 7.89. The third kappa shape index (κ3) is 8.11. The molecule has 2 rings (SSSR count). The van der Waals surface area contributed by atoms with Gasteiger partial charge in [0.1, 0.15) is 0 Å². The van der Waals surface area contributed by atoms with Gasteiger partial charge in [-0.1, -0.05) is 0 Å². The summed E-state index contributed by atoms with van der Waals surface area (Å²) in [6.45, 7) is 7.71. The highest BCUT2D eigenvalue weighted by Gasteiger charge is 2.41. The molecule has 9 nitrogen and oxygen atoms in total. The number of sulfonamides is 1. The second-order valence-corrected chi connectivity index (χ2v) is 12.6. The highest BCUT2D eigenvalue weighted by molar-refractivity contribution is 14.0. The number of ether oxygens (including phenoxy) is 1. The molecule has 2 N–H and O–H groups in total. The first-order valence-electron chi connectivity index (χ1n) is 9.91. The average Bonchev–Trinajstić information content (AvgIpc) is 2.63. The Morgan fingerprint density at radius 1 is 1.31 bits per heavy atom. The molecule has 0 aromatic rings. The molecule has 2 heterocycles. The van der Waals surface area contributed by atoms with Crippen molar-refractivity contribution >= 4 is 49.8 Å².